The Labute approximate surface area is 162 Å². The molecule has 1 unspecified atom stereocenters. The molecular formula is C22H19NO3S. The summed E-state index contributed by atoms with van der Waals surface area (Å²) in [5.41, 5.74) is 1.22. The molecule has 0 spiro atoms. The van der Waals surface area contributed by atoms with Gasteiger partial charge in [0.2, 0.25) is 0 Å². The van der Waals surface area contributed by atoms with Crippen molar-refractivity contribution in [3.63, 3.8) is 0 Å². The maximum absolute atomic E-state index is 12.3. The second-order valence-corrected chi connectivity index (χ2v) is 7.25. The fourth-order valence-corrected chi connectivity index (χ4v) is 3.22. The molecule has 0 aliphatic rings. The lowest BCUT2D eigenvalue weighted by Crippen LogP contribution is -2.19. The van der Waals surface area contributed by atoms with E-state index in [9.17, 15) is 9.59 Å². The Kier molecular flexibility index (Phi) is 6.28. The number of anilines is 1. The predicted molar refractivity (Wildman–Crippen MR) is 108 cm³/mol. The maximum Gasteiger partial charge on any atom is 0.324 e. The van der Waals surface area contributed by atoms with E-state index in [0.717, 1.165) is 4.90 Å². The number of amides is 1. The van der Waals surface area contributed by atoms with Gasteiger partial charge >= 0.3 is 5.97 Å². The summed E-state index contributed by atoms with van der Waals surface area (Å²) in [6, 6.07) is 25.4. The van der Waals surface area contributed by atoms with E-state index < -0.39 is 0 Å². The van der Waals surface area contributed by atoms with Crippen LogP contribution in [0.1, 0.15) is 17.3 Å². The summed E-state index contributed by atoms with van der Waals surface area (Å²) in [5, 5.41) is 2.48. The minimum atomic E-state index is -0.329. The number of hydrogen-bond acceptors (Lipinski definition) is 4. The van der Waals surface area contributed by atoms with Gasteiger partial charge < -0.3 is 10.1 Å². The Bertz CT molecular complexity index is 896. The number of rotatable bonds is 6. The summed E-state index contributed by atoms with van der Waals surface area (Å²) in [6.07, 6.45) is 0. The number of carbonyl (C=O) groups is 2. The van der Waals surface area contributed by atoms with E-state index >= 15 is 0 Å². The molecule has 1 amide bonds. The molecule has 3 aromatic carbocycles. The van der Waals surface area contributed by atoms with Crippen molar-refractivity contribution in [1.82, 2.24) is 0 Å². The van der Waals surface area contributed by atoms with Crippen molar-refractivity contribution in [1.29, 1.82) is 0 Å². The van der Waals surface area contributed by atoms with Crippen LogP contribution in [0, 0.1) is 0 Å². The van der Waals surface area contributed by atoms with E-state index in [1.807, 2.05) is 55.5 Å². The summed E-state index contributed by atoms with van der Waals surface area (Å²) < 4.78 is 5.42. The smallest absolute Gasteiger partial charge is 0.324 e. The van der Waals surface area contributed by atoms with Gasteiger partial charge in [0.05, 0.1) is 0 Å². The summed E-state index contributed by atoms with van der Waals surface area (Å²) in [7, 11) is 0. The van der Waals surface area contributed by atoms with Crippen molar-refractivity contribution in [2.45, 2.75) is 17.1 Å². The van der Waals surface area contributed by atoms with Crippen molar-refractivity contribution < 1.29 is 14.3 Å². The van der Waals surface area contributed by atoms with E-state index in [0.29, 0.717) is 17.0 Å². The van der Waals surface area contributed by atoms with Gasteiger partial charge in [-0.3, -0.25) is 9.59 Å². The van der Waals surface area contributed by atoms with Gasteiger partial charge in [0, 0.05) is 16.1 Å². The standard InChI is InChI=1S/C22H19NO3S/c1-16(27-20-10-6-3-7-11-20)22(25)26-19-14-12-18(13-15-19)23-21(24)17-8-4-2-5-9-17/h2-16H,1H3,(H,23,24). The van der Waals surface area contributed by atoms with Gasteiger partial charge in [0.15, 0.2) is 0 Å². The maximum atomic E-state index is 12.3. The first-order valence-corrected chi connectivity index (χ1v) is 9.39. The molecule has 136 valence electrons. The van der Waals surface area contributed by atoms with Crippen molar-refractivity contribution in [3.8, 4) is 5.75 Å². The molecule has 4 nitrogen and oxygen atoms in total. The summed E-state index contributed by atoms with van der Waals surface area (Å²) >= 11 is 1.45. The van der Waals surface area contributed by atoms with Crippen molar-refractivity contribution in [2.24, 2.45) is 0 Å². The third-order valence-corrected chi connectivity index (χ3v) is 4.84. The molecule has 0 aliphatic carbocycles. The van der Waals surface area contributed by atoms with Gasteiger partial charge in [-0.1, -0.05) is 36.4 Å². The lowest BCUT2D eigenvalue weighted by molar-refractivity contribution is -0.133. The Balaban J connectivity index is 1.55. The van der Waals surface area contributed by atoms with Crippen LogP contribution in [0.4, 0.5) is 5.69 Å². The molecule has 0 fully saturated rings. The normalized spacial score (nSPS) is 11.4. The topological polar surface area (TPSA) is 55.4 Å². The number of ether oxygens (including phenoxy) is 1. The summed E-state index contributed by atoms with van der Waals surface area (Å²) in [6.45, 7) is 1.81. The summed E-state index contributed by atoms with van der Waals surface area (Å²) in [5.74, 6) is -0.0589. The first kappa shape index (κ1) is 18.7. The SMILES string of the molecule is CC(Sc1ccccc1)C(=O)Oc1ccc(NC(=O)c2ccccc2)cc1. The van der Waals surface area contributed by atoms with Crippen molar-refractivity contribution in [2.75, 3.05) is 5.32 Å². The van der Waals surface area contributed by atoms with Crippen LogP contribution in [0.3, 0.4) is 0 Å². The van der Waals surface area contributed by atoms with Gasteiger partial charge in [-0.2, -0.15) is 0 Å². The minimum Gasteiger partial charge on any atom is -0.426 e. The number of nitrogens with one attached hydrogen (secondary N) is 1. The molecular weight excluding hydrogens is 358 g/mol. The van der Waals surface area contributed by atoms with E-state index in [4.69, 9.17) is 4.74 Å². The van der Waals surface area contributed by atoms with Gasteiger partial charge in [-0.15, -0.1) is 11.8 Å². The van der Waals surface area contributed by atoms with E-state index in [1.165, 1.54) is 11.8 Å². The zero-order valence-electron chi connectivity index (χ0n) is 14.8. The molecule has 27 heavy (non-hydrogen) atoms. The minimum absolute atomic E-state index is 0.187. The number of carbonyl (C=O) groups excluding carboxylic acids is 2. The second kappa shape index (κ2) is 9.05. The monoisotopic (exact) mass is 377 g/mol. The quantitative estimate of drug-likeness (QED) is 0.372. The molecule has 0 saturated carbocycles. The Hall–Kier alpha value is -3.05. The van der Waals surface area contributed by atoms with Gasteiger partial charge in [0.1, 0.15) is 11.0 Å². The predicted octanol–water partition coefficient (Wildman–Crippen LogP) is 5.03. The first-order chi connectivity index (χ1) is 13.1. The van der Waals surface area contributed by atoms with Gasteiger partial charge in [0.25, 0.3) is 5.91 Å². The third kappa shape index (κ3) is 5.46. The molecule has 3 aromatic rings. The molecule has 0 bridgehead atoms. The van der Waals surface area contributed by atoms with Crippen LogP contribution in [0.5, 0.6) is 5.75 Å². The van der Waals surface area contributed by atoms with Gasteiger partial charge in [-0.25, -0.2) is 0 Å². The van der Waals surface area contributed by atoms with E-state index in [-0.39, 0.29) is 17.1 Å². The Morgan fingerprint density at radius 1 is 0.852 bits per heavy atom. The molecule has 1 N–H and O–H groups in total. The highest BCUT2D eigenvalue weighted by molar-refractivity contribution is 8.00. The van der Waals surface area contributed by atoms with Crippen molar-refractivity contribution >= 4 is 29.3 Å². The van der Waals surface area contributed by atoms with E-state index in [1.54, 1.807) is 36.4 Å². The number of esters is 1. The number of hydrogen-bond donors (Lipinski definition) is 1. The molecule has 0 aliphatic heterocycles. The highest BCUT2D eigenvalue weighted by Gasteiger charge is 2.17. The highest BCUT2D eigenvalue weighted by Crippen LogP contribution is 2.25. The zero-order valence-corrected chi connectivity index (χ0v) is 15.6. The van der Waals surface area contributed by atoms with Crippen LogP contribution in [-0.4, -0.2) is 17.1 Å². The molecule has 3 rings (SSSR count). The average Bonchev–Trinajstić information content (AvgIpc) is 2.71. The largest absolute Gasteiger partial charge is 0.426 e. The summed E-state index contributed by atoms with van der Waals surface area (Å²) in [4.78, 5) is 25.4. The first-order valence-electron chi connectivity index (χ1n) is 8.52. The van der Waals surface area contributed by atoms with Crippen LogP contribution < -0.4 is 10.1 Å². The number of benzene rings is 3. The molecule has 5 heteroatoms. The molecule has 0 saturated heterocycles. The fraction of sp³-hybridized carbons (Fsp3) is 0.0909. The van der Waals surface area contributed by atoms with Crippen LogP contribution in [0.2, 0.25) is 0 Å². The highest BCUT2D eigenvalue weighted by atomic mass is 32.2. The lowest BCUT2D eigenvalue weighted by Gasteiger charge is -2.11. The lowest BCUT2D eigenvalue weighted by atomic mass is 10.2. The Morgan fingerprint density at radius 3 is 2.07 bits per heavy atom. The van der Waals surface area contributed by atoms with Crippen molar-refractivity contribution in [3.05, 3.63) is 90.5 Å². The molecule has 0 aromatic heterocycles. The Morgan fingerprint density at radius 2 is 1.44 bits per heavy atom. The van der Waals surface area contributed by atoms with Crippen LogP contribution >= 0.6 is 11.8 Å². The molecule has 0 radical (unpaired) electrons. The van der Waals surface area contributed by atoms with E-state index in [2.05, 4.69) is 5.32 Å². The molecule has 1 atom stereocenters. The third-order valence-electron chi connectivity index (χ3n) is 3.75. The van der Waals surface area contributed by atoms with Crippen LogP contribution in [-0.2, 0) is 4.79 Å². The molecule has 0 heterocycles. The second-order valence-electron chi connectivity index (χ2n) is 5.84. The van der Waals surface area contributed by atoms with Crippen LogP contribution in [0.25, 0.3) is 0 Å². The zero-order chi connectivity index (χ0) is 19.1. The fourth-order valence-electron chi connectivity index (χ4n) is 2.35. The van der Waals surface area contributed by atoms with Gasteiger partial charge in [-0.05, 0) is 55.5 Å². The number of thioether (sulfide) groups is 1. The average molecular weight is 377 g/mol. The van der Waals surface area contributed by atoms with Crippen LogP contribution in [0.15, 0.2) is 89.8 Å².